The number of carbonyl (C=O) groups is 1. The van der Waals surface area contributed by atoms with Crippen LogP contribution in [0.2, 0.25) is 0 Å². The van der Waals surface area contributed by atoms with E-state index in [0.29, 0.717) is 35.9 Å². The van der Waals surface area contributed by atoms with Gasteiger partial charge in [0.25, 0.3) is 5.91 Å². The smallest absolute Gasteiger partial charge is 0.274 e. The molecule has 9 heteroatoms. The first-order chi connectivity index (χ1) is 13.3. The van der Waals surface area contributed by atoms with Crippen molar-refractivity contribution < 1.29 is 13.2 Å². The van der Waals surface area contributed by atoms with Gasteiger partial charge in [0.05, 0.1) is 23.1 Å². The number of hydrogen-bond donors (Lipinski definition) is 1. The predicted octanol–water partition coefficient (Wildman–Crippen LogP) is 1.92. The van der Waals surface area contributed by atoms with Crippen LogP contribution >= 0.6 is 0 Å². The normalized spacial score (nSPS) is 17.7. The Hall–Kier alpha value is -2.99. The number of hydrogen-bond acceptors (Lipinski definition) is 7. The van der Waals surface area contributed by atoms with E-state index in [9.17, 15) is 13.2 Å². The molecular formula is C19H21N5O3S. The van der Waals surface area contributed by atoms with Crippen molar-refractivity contribution in [2.45, 2.75) is 26.3 Å². The quantitative estimate of drug-likeness (QED) is 0.816. The van der Waals surface area contributed by atoms with E-state index >= 15 is 0 Å². The molecule has 0 aliphatic carbocycles. The second-order valence-corrected chi connectivity index (χ2v) is 8.88. The Morgan fingerprint density at radius 3 is 2.79 bits per heavy atom. The summed E-state index contributed by atoms with van der Waals surface area (Å²) in [4.78, 5) is 23.2. The van der Waals surface area contributed by atoms with Gasteiger partial charge >= 0.3 is 0 Å². The molecule has 146 valence electrons. The summed E-state index contributed by atoms with van der Waals surface area (Å²) in [6, 6.07) is 10.0. The predicted molar refractivity (Wildman–Crippen MR) is 106 cm³/mol. The van der Waals surface area contributed by atoms with Crippen LogP contribution in [0.4, 0.5) is 11.5 Å². The maximum atomic E-state index is 12.7. The van der Waals surface area contributed by atoms with Gasteiger partial charge in [0, 0.05) is 24.3 Å². The summed E-state index contributed by atoms with van der Waals surface area (Å²) in [6.07, 6.45) is 0.543. The third-order valence-corrected chi connectivity index (χ3v) is 6.34. The van der Waals surface area contributed by atoms with Gasteiger partial charge in [0.15, 0.2) is 9.84 Å². The summed E-state index contributed by atoms with van der Waals surface area (Å²) in [5.74, 6) is 0.797. The molecule has 1 saturated heterocycles. The highest BCUT2D eigenvalue weighted by atomic mass is 32.2. The average molecular weight is 399 g/mol. The number of carbonyl (C=O) groups excluding carboxylic acids is 1. The van der Waals surface area contributed by atoms with Gasteiger partial charge in [-0.1, -0.05) is 6.07 Å². The molecule has 0 spiro atoms. The van der Waals surface area contributed by atoms with Crippen molar-refractivity contribution in [1.82, 2.24) is 9.97 Å². The lowest BCUT2D eigenvalue weighted by Crippen LogP contribution is -2.37. The van der Waals surface area contributed by atoms with E-state index in [1.165, 1.54) is 0 Å². The average Bonchev–Trinajstić information content (AvgIpc) is 3.01. The van der Waals surface area contributed by atoms with Gasteiger partial charge < -0.3 is 10.2 Å². The molecule has 1 aliphatic rings. The molecule has 2 aromatic rings. The fraction of sp³-hybridized carbons (Fsp3) is 0.368. The largest absolute Gasteiger partial charge is 0.353 e. The minimum atomic E-state index is -3.03. The molecule has 1 fully saturated rings. The number of anilines is 2. The first-order valence-corrected chi connectivity index (χ1v) is 10.8. The molecule has 1 unspecified atom stereocenters. The molecule has 1 aliphatic heterocycles. The Kier molecular flexibility index (Phi) is 5.61. The maximum absolute atomic E-state index is 12.7. The monoisotopic (exact) mass is 399 g/mol. The van der Waals surface area contributed by atoms with Gasteiger partial charge in [0.2, 0.25) is 0 Å². The molecule has 1 aromatic carbocycles. The van der Waals surface area contributed by atoms with Crippen LogP contribution in [0.1, 0.15) is 35.2 Å². The number of aryl methyl sites for hydroxylation is 1. The van der Waals surface area contributed by atoms with Crippen LogP contribution in [-0.4, -0.2) is 48.4 Å². The minimum Gasteiger partial charge on any atom is -0.353 e. The van der Waals surface area contributed by atoms with E-state index in [1.807, 2.05) is 17.9 Å². The molecular weight excluding hydrogens is 378 g/mol. The van der Waals surface area contributed by atoms with Gasteiger partial charge in [-0.25, -0.2) is 18.4 Å². The van der Waals surface area contributed by atoms with Crippen LogP contribution in [0, 0.1) is 18.3 Å². The molecule has 0 radical (unpaired) electrons. The number of nitriles is 1. The minimum absolute atomic E-state index is 0.0897. The zero-order valence-corrected chi connectivity index (χ0v) is 16.5. The Labute approximate surface area is 164 Å². The number of aromatic nitrogens is 2. The lowest BCUT2D eigenvalue weighted by molar-refractivity contribution is 0.102. The second kappa shape index (κ2) is 7.94. The molecule has 0 saturated carbocycles. The molecule has 2 heterocycles. The van der Waals surface area contributed by atoms with Gasteiger partial charge in [0.1, 0.15) is 17.3 Å². The van der Waals surface area contributed by atoms with E-state index in [1.54, 1.807) is 37.3 Å². The zero-order chi connectivity index (χ0) is 20.3. The zero-order valence-electron chi connectivity index (χ0n) is 15.7. The number of rotatable bonds is 5. The Bertz CT molecular complexity index is 1050. The number of amides is 1. The van der Waals surface area contributed by atoms with Crippen LogP contribution in [0.25, 0.3) is 0 Å². The molecule has 1 atom stereocenters. The molecule has 1 aromatic heterocycles. The van der Waals surface area contributed by atoms with Crippen molar-refractivity contribution in [1.29, 1.82) is 5.26 Å². The fourth-order valence-electron chi connectivity index (χ4n) is 3.31. The van der Waals surface area contributed by atoms with Crippen LogP contribution in [0.5, 0.6) is 0 Å². The highest BCUT2D eigenvalue weighted by Gasteiger charge is 2.32. The van der Waals surface area contributed by atoms with Crippen LogP contribution in [-0.2, 0) is 9.84 Å². The first-order valence-electron chi connectivity index (χ1n) is 8.95. The third-order valence-electron chi connectivity index (χ3n) is 4.59. The third kappa shape index (κ3) is 4.46. The van der Waals surface area contributed by atoms with Crippen LogP contribution < -0.4 is 10.2 Å². The molecule has 3 rings (SSSR count). The number of sulfone groups is 1. The molecule has 8 nitrogen and oxygen atoms in total. The lowest BCUT2D eigenvalue weighted by atomic mass is 10.2. The second-order valence-electron chi connectivity index (χ2n) is 6.65. The highest BCUT2D eigenvalue weighted by Crippen LogP contribution is 2.23. The number of nitrogens with zero attached hydrogens (tertiary/aromatic N) is 4. The summed E-state index contributed by atoms with van der Waals surface area (Å²) >= 11 is 0. The highest BCUT2D eigenvalue weighted by molar-refractivity contribution is 7.91. The lowest BCUT2D eigenvalue weighted by Gasteiger charge is -2.28. The summed E-state index contributed by atoms with van der Waals surface area (Å²) in [5.41, 5.74) is 1.12. The van der Waals surface area contributed by atoms with Crippen molar-refractivity contribution in [2.24, 2.45) is 0 Å². The Balaban J connectivity index is 1.86. The van der Waals surface area contributed by atoms with Crippen molar-refractivity contribution >= 4 is 27.2 Å². The van der Waals surface area contributed by atoms with Crippen LogP contribution in [0.3, 0.4) is 0 Å². The van der Waals surface area contributed by atoms with E-state index in [-0.39, 0.29) is 23.2 Å². The SMILES string of the molecule is CCN(c1cc(C(=O)Nc2cccc(C#N)c2)nc(C)n1)C1CCS(=O)(=O)C1. The van der Waals surface area contributed by atoms with E-state index in [4.69, 9.17) is 5.26 Å². The molecule has 28 heavy (non-hydrogen) atoms. The molecule has 1 N–H and O–H groups in total. The summed E-state index contributed by atoms with van der Waals surface area (Å²) < 4.78 is 23.7. The fourth-order valence-corrected chi connectivity index (χ4v) is 5.04. The van der Waals surface area contributed by atoms with Gasteiger partial charge in [-0.3, -0.25) is 4.79 Å². The summed E-state index contributed by atoms with van der Waals surface area (Å²) in [6.45, 7) is 4.19. The molecule has 1 amide bonds. The van der Waals surface area contributed by atoms with Gasteiger partial charge in [-0.2, -0.15) is 5.26 Å². The van der Waals surface area contributed by atoms with Crippen molar-refractivity contribution in [2.75, 3.05) is 28.3 Å². The maximum Gasteiger partial charge on any atom is 0.274 e. The van der Waals surface area contributed by atoms with E-state index < -0.39 is 15.7 Å². The van der Waals surface area contributed by atoms with Gasteiger partial charge in [-0.15, -0.1) is 0 Å². The number of nitrogens with one attached hydrogen (secondary N) is 1. The first kappa shape index (κ1) is 19.8. The summed E-state index contributed by atoms with van der Waals surface area (Å²) in [7, 11) is -3.03. The topological polar surface area (TPSA) is 116 Å². The Morgan fingerprint density at radius 2 is 2.14 bits per heavy atom. The molecule has 0 bridgehead atoms. The Morgan fingerprint density at radius 1 is 1.36 bits per heavy atom. The van der Waals surface area contributed by atoms with Crippen molar-refractivity contribution in [3.63, 3.8) is 0 Å². The van der Waals surface area contributed by atoms with Gasteiger partial charge in [-0.05, 0) is 38.5 Å². The summed E-state index contributed by atoms with van der Waals surface area (Å²) in [5, 5.41) is 11.7. The van der Waals surface area contributed by atoms with E-state index in [2.05, 4.69) is 15.3 Å². The standard InChI is InChI=1S/C19H21N5O3S/c1-3-24(16-7-8-28(26,27)12-16)18-10-17(21-13(2)22-18)19(25)23-15-6-4-5-14(9-15)11-20/h4-6,9-10,16H,3,7-8,12H2,1-2H3,(H,23,25). The number of benzene rings is 1. The van der Waals surface area contributed by atoms with E-state index in [0.717, 1.165) is 0 Å². The van der Waals surface area contributed by atoms with Crippen molar-refractivity contribution in [3.8, 4) is 6.07 Å². The van der Waals surface area contributed by atoms with Crippen LogP contribution in [0.15, 0.2) is 30.3 Å². The van der Waals surface area contributed by atoms with Crippen molar-refractivity contribution in [3.05, 3.63) is 47.4 Å².